The molecule has 24 heavy (non-hydrogen) atoms. The Balaban J connectivity index is 1.88. The average Bonchev–Trinajstić information content (AvgIpc) is 2.81. The van der Waals surface area contributed by atoms with Gasteiger partial charge in [-0.3, -0.25) is 0 Å². The highest BCUT2D eigenvalue weighted by molar-refractivity contribution is 5.93. The molecule has 0 spiro atoms. The van der Waals surface area contributed by atoms with Gasteiger partial charge in [0.05, 0.1) is 5.57 Å². The van der Waals surface area contributed by atoms with Crippen LogP contribution in [0.3, 0.4) is 0 Å². The number of aliphatic hydroxyl groups excluding tert-OH is 1. The molecular formula is C21H32O3. The molecule has 1 heterocycles. The largest absolute Gasteiger partial charge is 0.425 e. The van der Waals surface area contributed by atoms with Gasteiger partial charge >= 0.3 is 5.97 Å². The molecule has 1 fully saturated rings. The number of carbonyl (C=O) groups is 1. The van der Waals surface area contributed by atoms with Crippen LogP contribution in [-0.2, 0) is 9.53 Å². The van der Waals surface area contributed by atoms with Gasteiger partial charge in [-0.05, 0) is 19.3 Å². The lowest BCUT2D eigenvalue weighted by Gasteiger charge is -2.02. The number of allylic oxidation sites excluding steroid dienone is 1. The molecule has 134 valence electrons. The number of rotatable bonds is 13. The number of terminal acetylenes is 1. The van der Waals surface area contributed by atoms with Crippen molar-refractivity contribution >= 4 is 5.97 Å². The molecule has 0 aromatic rings. The standard InChI is InChI=1S/C21H32O3/c1-3-4-5-6-7-8-9-10-11-12-13-14-15-16-17-19-20(22)18(2)24-21(19)23/h1,17,20,22H,2,4-16H2/b19-17-/t20-/m0/s1. The Bertz CT molecular complexity index is 456. The molecule has 0 unspecified atom stereocenters. The number of ether oxygens (including phenoxy) is 1. The Morgan fingerprint density at radius 1 is 1.00 bits per heavy atom. The molecular weight excluding hydrogens is 300 g/mol. The van der Waals surface area contributed by atoms with E-state index < -0.39 is 12.1 Å². The fraction of sp³-hybridized carbons (Fsp3) is 0.667. The molecule has 0 radical (unpaired) electrons. The van der Waals surface area contributed by atoms with Crippen LogP contribution in [0.5, 0.6) is 0 Å². The molecule has 0 saturated carbocycles. The van der Waals surface area contributed by atoms with E-state index in [1.165, 1.54) is 64.2 Å². The first-order valence-electron chi connectivity index (χ1n) is 9.39. The summed E-state index contributed by atoms with van der Waals surface area (Å²) in [6.45, 7) is 3.51. The maximum Gasteiger partial charge on any atom is 0.341 e. The lowest BCUT2D eigenvalue weighted by Crippen LogP contribution is -2.07. The summed E-state index contributed by atoms with van der Waals surface area (Å²) < 4.78 is 4.80. The van der Waals surface area contributed by atoms with E-state index >= 15 is 0 Å². The van der Waals surface area contributed by atoms with E-state index in [2.05, 4.69) is 12.5 Å². The third-order valence-corrected chi connectivity index (χ3v) is 4.45. The minimum Gasteiger partial charge on any atom is -0.425 e. The van der Waals surface area contributed by atoms with E-state index in [0.29, 0.717) is 5.57 Å². The predicted molar refractivity (Wildman–Crippen MR) is 98.2 cm³/mol. The minimum atomic E-state index is -0.941. The van der Waals surface area contributed by atoms with Crippen LogP contribution >= 0.6 is 0 Å². The zero-order valence-electron chi connectivity index (χ0n) is 14.9. The fourth-order valence-electron chi connectivity index (χ4n) is 2.93. The predicted octanol–water partition coefficient (Wildman–Crippen LogP) is 5.05. The second kappa shape index (κ2) is 12.8. The maximum atomic E-state index is 11.4. The Hall–Kier alpha value is -1.53. The van der Waals surface area contributed by atoms with Gasteiger partial charge in [0, 0.05) is 6.42 Å². The number of unbranched alkanes of at least 4 members (excludes halogenated alkanes) is 12. The average molecular weight is 332 g/mol. The minimum absolute atomic E-state index is 0.141. The van der Waals surface area contributed by atoms with Crippen molar-refractivity contribution in [1.82, 2.24) is 0 Å². The Kier molecular flexibility index (Phi) is 11.0. The lowest BCUT2D eigenvalue weighted by atomic mass is 10.0. The van der Waals surface area contributed by atoms with Crippen LogP contribution < -0.4 is 0 Å². The molecule has 1 N–H and O–H groups in total. The Labute approximate surface area is 147 Å². The lowest BCUT2D eigenvalue weighted by molar-refractivity contribution is -0.132. The van der Waals surface area contributed by atoms with Crippen LogP contribution in [0.25, 0.3) is 0 Å². The number of esters is 1. The van der Waals surface area contributed by atoms with Gasteiger partial charge in [0.15, 0.2) is 0 Å². The summed E-state index contributed by atoms with van der Waals surface area (Å²) >= 11 is 0. The van der Waals surface area contributed by atoms with Crippen LogP contribution in [-0.4, -0.2) is 17.2 Å². The van der Waals surface area contributed by atoms with Crippen LogP contribution in [0.1, 0.15) is 83.5 Å². The molecule has 0 aromatic carbocycles. The van der Waals surface area contributed by atoms with Crippen molar-refractivity contribution in [1.29, 1.82) is 0 Å². The Morgan fingerprint density at radius 3 is 1.96 bits per heavy atom. The van der Waals surface area contributed by atoms with E-state index in [-0.39, 0.29) is 5.76 Å². The topological polar surface area (TPSA) is 46.5 Å². The van der Waals surface area contributed by atoms with Crippen molar-refractivity contribution in [2.45, 2.75) is 89.6 Å². The summed E-state index contributed by atoms with van der Waals surface area (Å²) in [6, 6.07) is 0. The summed E-state index contributed by atoms with van der Waals surface area (Å²) in [4.78, 5) is 11.4. The van der Waals surface area contributed by atoms with Gasteiger partial charge < -0.3 is 9.84 Å². The van der Waals surface area contributed by atoms with Crippen molar-refractivity contribution in [2.24, 2.45) is 0 Å². The molecule has 1 aliphatic heterocycles. The first-order valence-corrected chi connectivity index (χ1v) is 9.39. The van der Waals surface area contributed by atoms with Crippen molar-refractivity contribution in [3.05, 3.63) is 24.0 Å². The first-order chi connectivity index (χ1) is 11.7. The number of cyclic esters (lactones) is 1. The van der Waals surface area contributed by atoms with Gasteiger partial charge in [0.2, 0.25) is 0 Å². The van der Waals surface area contributed by atoms with Crippen LogP contribution in [0.4, 0.5) is 0 Å². The molecule has 1 rings (SSSR count). The smallest absolute Gasteiger partial charge is 0.341 e. The zero-order valence-corrected chi connectivity index (χ0v) is 14.9. The zero-order chi connectivity index (χ0) is 17.6. The second-order valence-corrected chi connectivity index (χ2v) is 6.55. The number of hydrogen-bond acceptors (Lipinski definition) is 3. The summed E-state index contributed by atoms with van der Waals surface area (Å²) in [6.07, 6.45) is 21.7. The van der Waals surface area contributed by atoms with Crippen molar-refractivity contribution in [3.63, 3.8) is 0 Å². The van der Waals surface area contributed by atoms with Gasteiger partial charge in [-0.2, -0.15) is 0 Å². The molecule has 1 saturated heterocycles. The SMILES string of the molecule is C#CCCCCCCCCCCCCC/C=C1\C(=O)OC(=C)[C@@H]1O. The van der Waals surface area contributed by atoms with Crippen molar-refractivity contribution < 1.29 is 14.6 Å². The van der Waals surface area contributed by atoms with E-state index in [0.717, 1.165) is 19.3 Å². The van der Waals surface area contributed by atoms with E-state index in [1.54, 1.807) is 6.08 Å². The number of hydrogen-bond donors (Lipinski definition) is 1. The van der Waals surface area contributed by atoms with Gasteiger partial charge in [-0.1, -0.05) is 70.4 Å². The Morgan fingerprint density at radius 2 is 1.50 bits per heavy atom. The quantitative estimate of drug-likeness (QED) is 0.222. The summed E-state index contributed by atoms with van der Waals surface area (Å²) in [5.74, 6) is 2.38. The fourth-order valence-corrected chi connectivity index (χ4v) is 2.93. The molecule has 1 atom stereocenters. The van der Waals surface area contributed by atoms with E-state index in [4.69, 9.17) is 11.2 Å². The summed E-state index contributed by atoms with van der Waals surface area (Å²) in [5, 5.41) is 9.71. The highest BCUT2D eigenvalue weighted by Crippen LogP contribution is 2.23. The van der Waals surface area contributed by atoms with Crippen LogP contribution in [0.2, 0.25) is 0 Å². The monoisotopic (exact) mass is 332 g/mol. The number of aliphatic hydroxyl groups is 1. The van der Waals surface area contributed by atoms with Gasteiger partial charge in [-0.25, -0.2) is 4.79 Å². The number of carbonyl (C=O) groups excluding carboxylic acids is 1. The molecule has 3 heteroatoms. The van der Waals surface area contributed by atoms with Crippen LogP contribution in [0, 0.1) is 12.3 Å². The summed E-state index contributed by atoms with van der Waals surface area (Å²) in [7, 11) is 0. The third kappa shape index (κ3) is 8.36. The van der Waals surface area contributed by atoms with Crippen molar-refractivity contribution in [3.8, 4) is 12.3 Å². The van der Waals surface area contributed by atoms with E-state index in [1.807, 2.05) is 0 Å². The molecule has 0 aliphatic carbocycles. The summed E-state index contributed by atoms with van der Waals surface area (Å²) in [5.41, 5.74) is 0.349. The maximum absolute atomic E-state index is 11.4. The highest BCUT2D eigenvalue weighted by Gasteiger charge is 2.32. The molecule has 1 aliphatic rings. The molecule has 3 nitrogen and oxygen atoms in total. The van der Waals surface area contributed by atoms with Gasteiger partial charge in [-0.15, -0.1) is 12.3 Å². The molecule has 0 amide bonds. The van der Waals surface area contributed by atoms with E-state index in [9.17, 15) is 9.90 Å². The third-order valence-electron chi connectivity index (χ3n) is 4.45. The van der Waals surface area contributed by atoms with Crippen LogP contribution in [0.15, 0.2) is 24.0 Å². The van der Waals surface area contributed by atoms with Gasteiger partial charge in [0.25, 0.3) is 0 Å². The van der Waals surface area contributed by atoms with Crippen molar-refractivity contribution in [2.75, 3.05) is 0 Å². The normalized spacial score (nSPS) is 18.8. The highest BCUT2D eigenvalue weighted by atomic mass is 16.6. The first kappa shape index (κ1) is 20.5. The molecule has 0 bridgehead atoms. The second-order valence-electron chi connectivity index (χ2n) is 6.55. The molecule has 0 aromatic heterocycles. The van der Waals surface area contributed by atoms with Gasteiger partial charge in [0.1, 0.15) is 11.9 Å².